The van der Waals surface area contributed by atoms with Crippen molar-refractivity contribution in [1.82, 2.24) is 39.7 Å². The highest BCUT2D eigenvalue weighted by atomic mass is 32.1. The summed E-state index contributed by atoms with van der Waals surface area (Å²) in [5, 5.41) is 29.1. The molecule has 1 saturated heterocycles. The molecule has 4 aliphatic carbocycles. The zero-order chi connectivity index (χ0) is 47.9. The SMILES string of the molecule is CC(=O)CCCCCCC(=O)N1CCN(CCOC23C[C@]4(C)CC5(Cn6ncc(-c7ccc(N8CCCc9c8nnc(Nc8nc%10ccccc%10s8)c9C)nc7C(=O)O)c6C)C[C@](C)(C2)C4C53)CC1. The summed E-state index contributed by atoms with van der Waals surface area (Å²) in [4.78, 5) is 53.3. The van der Waals surface area contributed by atoms with E-state index in [2.05, 4.69) is 51.9 Å². The van der Waals surface area contributed by atoms with Gasteiger partial charge in [-0.25, -0.2) is 14.8 Å². The molecule has 0 radical (unpaired) electrons. The zero-order valence-corrected chi connectivity index (χ0v) is 41.7. The molecule has 4 saturated carbocycles. The number of carboxylic acid groups (broad SMARTS) is 1. The fourth-order valence-electron chi connectivity index (χ4n) is 15.2. The van der Waals surface area contributed by atoms with Crippen LogP contribution in [0.15, 0.2) is 42.6 Å². The Labute approximate surface area is 408 Å². The lowest BCUT2D eigenvalue weighted by Crippen LogP contribution is -2.57. The van der Waals surface area contributed by atoms with E-state index in [9.17, 15) is 19.5 Å². The minimum atomic E-state index is -1.08. The van der Waals surface area contributed by atoms with Crippen LogP contribution in [0.5, 0.6) is 0 Å². The first-order valence-electron chi connectivity index (χ1n) is 25.4. The number of rotatable bonds is 18. The van der Waals surface area contributed by atoms with Crippen LogP contribution in [-0.2, 0) is 27.3 Å². The number of aromatic carboxylic acids is 1. The van der Waals surface area contributed by atoms with Gasteiger partial charge in [-0.05, 0) is 124 Å². The number of carbonyl (C=O) groups is 3. The maximum Gasteiger partial charge on any atom is 0.355 e. The molecule has 15 nitrogen and oxygen atoms in total. The van der Waals surface area contributed by atoms with Crippen LogP contribution < -0.4 is 10.2 Å². The van der Waals surface area contributed by atoms with Gasteiger partial charge < -0.3 is 29.8 Å². The summed E-state index contributed by atoms with van der Waals surface area (Å²) in [7, 11) is 0. The Morgan fingerprint density at radius 2 is 1.62 bits per heavy atom. The van der Waals surface area contributed by atoms with E-state index in [1.807, 2.05) is 53.3 Å². The Hall–Kier alpha value is -5.32. The Morgan fingerprint density at radius 3 is 2.35 bits per heavy atom. The van der Waals surface area contributed by atoms with Gasteiger partial charge in [0, 0.05) is 86.6 Å². The van der Waals surface area contributed by atoms with E-state index in [1.54, 1.807) is 18.3 Å². The molecule has 2 aliphatic heterocycles. The van der Waals surface area contributed by atoms with Crippen molar-refractivity contribution >= 4 is 61.8 Å². The number of aromatic nitrogens is 6. The number of ketones is 1. The molecule has 4 aromatic heterocycles. The number of pyridine rings is 1. The predicted octanol–water partition coefficient (Wildman–Crippen LogP) is 9.16. The summed E-state index contributed by atoms with van der Waals surface area (Å²) in [5.74, 6) is 2.38. The lowest BCUT2D eigenvalue weighted by Gasteiger charge is -2.58. The van der Waals surface area contributed by atoms with Crippen LogP contribution in [0.2, 0.25) is 0 Å². The number of thiazole rings is 1. The molecule has 1 amide bonds. The highest BCUT2D eigenvalue weighted by molar-refractivity contribution is 7.22. The molecule has 364 valence electrons. The number of unbranched alkanes of at least 4 members (excludes halogenated alkanes) is 3. The summed E-state index contributed by atoms with van der Waals surface area (Å²) in [6, 6.07) is 11.8. The molecule has 69 heavy (non-hydrogen) atoms. The van der Waals surface area contributed by atoms with Gasteiger partial charge in [0.2, 0.25) is 5.91 Å². The van der Waals surface area contributed by atoms with E-state index in [0.717, 1.165) is 141 Å². The molecule has 4 unspecified atom stereocenters. The smallest absolute Gasteiger partial charge is 0.355 e. The second kappa shape index (κ2) is 17.5. The molecule has 11 rings (SSSR count). The summed E-state index contributed by atoms with van der Waals surface area (Å²) < 4.78 is 10.4. The Bertz CT molecular complexity index is 2780. The van der Waals surface area contributed by atoms with Crippen molar-refractivity contribution in [1.29, 1.82) is 0 Å². The number of fused-ring (bicyclic) bond motifs is 2. The van der Waals surface area contributed by atoms with Crippen LogP contribution in [0, 0.1) is 41.9 Å². The highest BCUT2D eigenvalue weighted by Gasteiger charge is 2.85. The van der Waals surface area contributed by atoms with Crippen LogP contribution in [0.4, 0.5) is 22.6 Å². The fourth-order valence-corrected chi connectivity index (χ4v) is 16.1. The maximum absolute atomic E-state index is 13.1. The second-order valence-corrected chi connectivity index (χ2v) is 23.1. The first-order valence-corrected chi connectivity index (χ1v) is 26.2. The average Bonchev–Trinajstić information content (AvgIpc) is 4.13. The van der Waals surface area contributed by atoms with Crippen LogP contribution in [0.25, 0.3) is 21.3 Å². The molecule has 0 spiro atoms. The average molecular weight is 955 g/mol. The number of nitrogens with zero attached hydrogens (tertiary/aromatic N) is 9. The third-order valence-corrected chi connectivity index (χ3v) is 18.2. The van der Waals surface area contributed by atoms with Crippen molar-refractivity contribution in [2.24, 2.45) is 28.1 Å². The molecule has 5 fully saturated rings. The molecule has 6 heterocycles. The lowest BCUT2D eigenvalue weighted by molar-refractivity contribution is -0.179. The van der Waals surface area contributed by atoms with Crippen molar-refractivity contribution in [3.05, 3.63) is 65.1 Å². The van der Waals surface area contributed by atoms with Gasteiger partial charge in [0.15, 0.2) is 22.5 Å². The van der Waals surface area contributed by atoms with Crippen LogP contribution in [0.1, 0.15) is 119 Å². The molecule has 6 bridgehead atoms. The Balaban J connectivity index is 0.753. The number of benzene rings is 1. The largest absolute Gasteiger partial charge is 0.476 e. The number of Topliss-reactive ketones (excluding diaryl/α,β-unsaturated/α-hetero) is 1. The molecule has 1 aromatic carbocycles. The van der Waals surface area contributed by atoms with Gasteiger partial charge in [-0.15, -0.1) is 10.2 Å². The van der Waals surface area contributed by atoms with Crippen LogP contribution in [-0.4, -0.2) is 114 Å². The van der Waals surface area contributed by atoms with Gasteiger partial charge in [-0.3, -0.25) is 14.4 Å². The monoisotopic (exact) mass is 954 g/mol. The summed E-state index contributed by atoms with van der Waals surface area (Å²) in [5.41, 5.74) is 5.64. The van der Waals surface area contributed by atoms with E-state index in [1.165, 1.54) is 0 Å². The van der Waals surface area contributed by atoms with Gasteiger partial charge >= 0.3 is 5.97 Å². The predicted molar refractivity (Wildman–Crippen MR) is 266 cm³/mol. The van der Waals surface area contributed by atoms with Gasteiger partial charge in [0.25, 0.3) is 0 Å². The van der Waals surface area contributed by atoms with E-state index in [4.69, 9.17) is 19.8 Å². The van der Waals surface area contributed by atoms with Gasteiger partial charge in [0.1, 0.15) is 11.6 Å². The standard InChI is InChI=1S/C53H66N10O5S/c1-33(64)13-8-6-7-9-17-42(65)61-23-21-60(22-24-61)25-26-68-53-30-50(4)28-52(29-51(5,31-53)44(50)45(52)53)32-63-35(3)38(27-54-63)37-18-19-41(56-43(37)48(66)67)62-20-12-14-36-34(2)46(58-59-47(36)62)57-49-55-39-15-10-11-16-40(39)69-49/h10-11,15-16,18-19,27,44-45H,6-9,12-14,17,20-26,28-32H2,1-5H3,(H,66,67)(H,55,57,58)/t44?,45?,50-,51+,52?,53?. The lowest BCUT2D eigenvalue weighted by atomic mass is 9.50. The number of hydrogen-bond donors (Lipinski definition) is 2. The molecule has 6 aliphatic rings. The van der Waals surface area contributed by atoms with E-state index in [0.29, 0.717) is 60.8 Å². The van der Waals surface area contributed by atoms with Gasteiger partial charge in [-0.2, -0.15) is 5.10 Å². The summed E-state index contributed by atoms with van der Waals surface area (Å²) in [6.07, 6.45) is 13.1. The third-order valence-electron chi connectivity index (χ3n) is 17.3. The number of anilines is 4. The number of piperazine rings is 1. The molecular weight excluding hydrogens is 889 g/mol. The molecule has 16 heteroatoms. The number of carboxylic acids is 1. The van der Waals surface area contributed by atoms with Crippen molar-refractivity contribution in [3.8, 4) is 11.1 Å². The molecule has 2 N–H and O–H groups in total. The van der Waals surface area contributed by atoms with Crippen LogP contribution >= 0.6 is 11.3 Å². The van der Waals surface area contributed by atoms with Crippen molar-refractivity contribution in [2.45, 2.75) is 124 Å². The second-order valence-electron chi connectivity index (χ2n) is 22.1. The van der Waals surface area contributed by atoms with Crippen molar-refractivity contribution < 1.29 is 24.2 Å². The Morgan fingerprint density at radius 1 is 0.870 bits per heavy atom. The number of ether oxygens (including phenoxy) is 1. The number of nitrogens with one attached hydrogen (secondary N) is 1. The van der Waals surface area contributed by atoms with E-state index < -0.39 is 5.97 Å². The highest BCUT2D eigenvalue weighted by Crippen LogP contribution is 2.88. The third kappa shape index (κ3) is 8.02. The van der Waals surface area contributed by atoms with Crippen molar-refractivity contribution in [3.63, 3.8) is 0 Å². The number of para-hydroxylation sites is 1. The molecular formula is C53H66N10O5S. The number of hydrogen-bond acceptors (Lipinski definition) is 13. The minimum Gasteiger partial charge on any atom is -0.476 e. The van der Waals surface area contributed by atoms with Gasteiger partial charge in [-0.1, -0.05) is 50.2 Å². The first-order chi connectivity index (χ1) is 33.2. The minimum absolute atomic E-state index is 0.00429. The summed E-state index contributed by atoms with van der Waals surface area (Å²) >= 11 is 1.58. The number of amides is 1. The summed E-state index contributed by atoms with van der Waals surface area (Å²) in [6.45, 7) is 17.1. The maximum atomic E-state index is 13.1. The topological polar surface area (TPSA) is 172 Å². The van der Waals surface area contributed by atoms with Gasteiger partial charge in [0.05, 0.1) is 28.6 Å². The molecule has 6 atom stereocenters. The fraction of sp³-hybridized carbons (Fsp3) is 0.585. The number of carbonyl (C=O) groups excluding carboxylic acids is 2. The Kier molecular flexibility index (Phi) is 11.7. The normalized spacial score (nSPS) is 27.8. The van der Waals surface area contributed by atoms with E-state index >= 15 is 0 Å². The van der Waals surface area contributed by atoms with Crippen LogP contribution in [0.3, 0.4) is 0 Å². The van der Waals surface area contributed by atoms with Crippen molar-refractivity contribution in [2.75, 3.05) is 56.1 Å². The quantitative estimate of drug-likeness (QED) is 0.0798. The van der Waals surface area contributed by atoms with E-state index in [-0.39, 0.29) is 39.2 Å². The first kappa shape index (κ1) is 46.1. The zero-order valence-electron chi connectivity index (χ0n) is 40.9. The molecule has 5 aromatic rings.